The number of hydrogen-bond acceptors (Lipinski definition) is 0. The number of allylic oxidation sites excluding steroid dienone is 8. The van der Waals surface area contributed by atoms with Crippen LogP contribution in [0.15, 0.2) is 42.9 Å². The van der Waals surface area contributed by atoms with E-state index in [4.69, 9.17) is 0 Å². The van der Waals surface area contributed by atoms with Gasteiger partial charge in [-0.15, -0.1) is 0 Å². The first-order chi connectivity index (χ1) is 12.0. The summed E-state index contributed by atoms with van der Waals surface area (Å²) < 4.78 is 3.51. The summed E-state index contributed by atoms with van der Waals surface area (Å²) in [5, 5.41) is 0. The van der Waals surface area contributed by atoms with Gasteiger partial charge in [0, 0.05) is 8.41 Å². The van der Waals surface area contributed by atoms with E-state index in [1.54, 1.807) is 18.6 Å². The van der Waals surface area contributed by atoms with Crippen LogP contribution in [0.3, 0.4) is 0 Å². The number of hydrogen-bond donors (Lipinski definition) is 0. The van der Waals surface area contributed by atoms with Crippen molar-refractivity contribution in [1.82, 2.24) is 0 Å². The van der Waals surface area contributed by atoms with Crippen molar-refractivity contribution in [3.8, 4) is 0 Å². The molecule has 0 nitrogen and oxygen atoms in total. The second-order valence-corrected chi connectivity index (χ2v) is 15.3. The predicted octanol–water partition coefficient (Wildman–Crippen LogP) is 6.60. The molecule has 0 heterocycles. The van der Waals surface area contributed by atoms with Crippen molar-refractivity contribution in [3.63, 3.8) is 0 Å². The lowest BCUT2D eigenvalue weighted by Crippen LogP contribution is -2.16. The van der Waals surface area contributed by atoms with Crippen LogP contribution in [0.1, 0.15) is 62.3 Å². The summed E-state index contributed by atoms with van der Waals surface area (Å²) in [5.41, 5.74) is 6.39. The Kier molecular flexibility index (Phi) is 7.18. The van der Waals surface area contributed by atoms with Gasteiger partial charge in [-0.1, -0.05) is 92.3 Å². The summed E-state index contributed by atoms with van der Waals surface area (Å²) in [7, 11) is -0.307. The highest BCUT2D eigenvalue weighted by Crippen LogP contribution is 2.39. The minimum atomic E-state index is -0.365. The summed E-state index contributed by atoms with van der Waals surface area (Å²) in [6.07, 6.45) is 10.2. The van der Waals surface area contributed by atoms with Gasteiger partial charge in [-0.3, -0.25) is 0 Å². The minimum absolute atomic E-state index is 0.262. The van der Waals surface area contributed by atoms with Crippen molar-refractivity contribution < 1.29 is 0 Å². The highest BCUT2D eigenvalue weighted by atomic mass is 28.2. The van der Waals surface area contributed by atoms with Gasteiger partial charge in [0.05, 0.1) is 0 Å². The van der Waals surface area contributed by atoms with Gasteiger partial charge in [-0.05, 0) is 45.9 Å². The molecule has 0 N–H and O–H groups in total. The Bertz CT molecular complexity index is 681. The second-order valence-electron chi connectivity index (χ2n) is 10.2. The molecular formula is C24H38MgSi. The first-order valence-electron chi connectivity index (χ1n) is 10.5. The summed E-state index contributed by atoms with van der Waals surface area (Å²) in [6, 6.07) is 2.72. The average Bonchev–Trinajstić information content (AvgIpc) is 3.09. The molecule has 0 bridgehead atoms. The van der Waals surface area contributed by atoms with Crippen molar-refractivity contribution in [2.45, 2.75) is 74.4 Å². The molecule has 26 heavy (non-hydrogen) atoms. The fourth-order valence-electron chi connectivity index (χ4n) is 3.84. The van der Waals surface area contributed by atoms with E-state index in [-0.39, 0.29) is 39.6 Å². The Balaban J connectivity index is 2.30. The van der Waals surface area contributed by atoms with Crippen LogP contribution in [-0.4, -0.2) is 34.4 Å². The molecule has 2 atom stereocenters. The van der Waals surface area contributed by atoms with Crippen LogP contribution >= 0.6 is 0 Å². The van der Waals surface area contributed by atoms with Gasteiger partial charge in [0.1, 0.15) is 0 Å². The molecule has 2 rings (SSSR count). The molecule has 0 aliphatic heterocycles. The molecule has 2 aliphatic carbocycles. The third kappa shape index (κ3) is 5.42. The molecule has 0 aromatic carbocycles. The van der Waals surface area contributed by atoms with Crippen LogP contribution in [0, 0.1) is 22.7 Å². The SMILES string of the molecule is CC[Si](=CC1C=C(C(C)(C)C)C=[C]1[Mg][C]1=CC(C(C)(C)C)=CC1C)CC. The zero-order valence-corrected chi connectivity index (χ0v) is 21.1. The molecule has 0 aromatic rings. The number of rotatable bonds is 5. The first kappa shape index (κ1) is 22.1. The largest absolute Gasteiger partial charge is 0.439 e. The monoisotopic (exact) mass is 378 g/mol. The lowest BCUT2D eigenvalue weighted by Gasteiger charge is -2.18. The first-order valence-corrected chi connectivity index (χ1v) is 13.9. The minimum Gasteiger partial charge on any atom is -0.179 e. The van der Waals surface area contributed by atoms with Gasteiger partial charge in [0.2, 0.25) is 0 Å². The normalized spacial score (nSPS) is 23.1. The quantitative estimate of drug-likeness (QED) is 0.472. The molecule has 2 unspecified atom stereocenters. The van der Waals surface area contributed by atoms with Crippen molar-refractivity contribution >= 4 is 34.4 Å². The second kappa shape index (κ2) is 8.45. The molecule has 0 aromatic heterocycles. The Hall–Kier alpha value is -0.187. The predicted molar refractivity (Wildman–Crippen MR) is 122 cm³/mol. The molecule has 140 valence electrons. The van der Waals surface area contributed by atoms with E-state index in [0.717, 1.165) is 0 Å². The highest BCUT2D eigenvalue weighted by molar-refractivity contribution is 6.67. The van der Waals surface area contributed by atoms with Crippen LogP contribution in [-0.2, 0) is 0 Å². The molecule has 0 radical (unpaired) electrons. The molecule has 0 saturated heterocycles. The van der Waals surface area contributed by atoms with Gasteiger partial charge in [-0.2, -0.15) is 7.40 Å². The van der Waals surface area contributed by atoms with Gasteiger partial charge in [-0.25, -0.2) is 0 Å². The van der Waals surface area contributed by atoms with Crippen molar-refractivity contribution in [1.29, 1.82) is 0 Å². The van der Waals surface area contributed by atoms with E-state index in [9.17, 15) is 0 Å². The standard InChI is InChI=1S/C14H23Si.C10H15.Mg/c1-6-15(7-2)11-12-8-9-13(10-12)14(3,4)5;1-8-5-6-9(7-8)10(2,3)4;/h9-12H,6-7H2,1-5H3;6-8H,1-4H3;. The topological polar surface area (TPSA) is 0 Å². The van der Waals surface area contributed by atoms with Gasteiger partial charge in [0.25, 0.3) is 0 Å². The summed E-state index contributed by atoms with van der Waals surface area (Å²) >= 11 is -0.365. The van der Waals surface area contributed by atoms with Crippen LogP contribution in [0.5, 0.6) is 0 Å². The summed E-state index contributed by atoms with van der Waals surface area (Å²) in [4.78, 5) is 0. The maximum absolute atomic E-state index is 2.75. The van der Waals surface area contributed by atoms with E-state index in [1.807, 2.05) is 0 Å². The van der Waals surface area contributed by atoms with Crippen molar-refractivity contribution in [3.05, 3.63) is 42.9 Å². The van der Waals surface area contributed by atoms with Crippen LogP contribution in [0.4, 0.5) is 0 Å². The van der Waals surface area contributed by atoms with E-state index < -0.39 is 0 Å². The molecule has 2 aliphatic rings. The fourth-order valence-corrected chi connectivity index (χ4v) is 7.90. The third-order valence-corrected chi connectivity index (χ3v) is 10.9. The van der Waals surface area contributed by atoms with E-state index in [2.05, 4.69) is 92.3 Å². The average molecular weight is 379 g/mol. The van der Waals surface area contributed by atoms with E-state index >= 15 is 0 Å². The van der Waals surface area contributed by atoms with Crippen LogP contribution < -0.4 is 0 Å². The molecular weight excluding hydrogens is 341 g/mol. The summed E-state index contributed by atoms with van der Waals surface area (Å²) in [5.74, 6) is 1.26. The molecule has 0 fully saturated rings. The lowest BCUT2D eigenvalue weighted by molar-refractivity contribution is 0.516. The van der Waals surface area contributed by atoms with E-state index in [0.29, 0.717) is 11.8 Å². The zero-order chi connectivity index (χ0) is 19.7. The van der Waals surface area contributed by atoms with Gasteiger partial charge >= 0.3 is 20.4 Å². The Morgan fingerprint density at radius 2 is 1.38 bits per heavy atom. The molecule has 2 heteroatoms. The molecule has 0 saturated carbocycles. The lowest BCUT2D eigenvalue weighted by atomic mass is 9.87. The Morgan fingerprint density at radius 3 is 1.85 bits per heavy atom. The van der Waals surface area contributed by atoms with Crippen LogP contribution in [0.2, 0.25) is 12.1 Å². The van der Waals surface area contributed by atoms with Crippen LogP contribution in [0.25, 0.3) is 0 Å². The van der Waals surface area contributed by atoms with Gasteiger partial charge in [0.15, 0.2) is 0 Å². The molecule has 0 spiro atoms. The Morgan fingerprint density at radius 1 is 0.885 bits per heavy atom. The highest BCUT2D eigenvalue weighted by Gasteiger charge is 2.29. The van der Waals surface area contributed by atoms with Crippen molar-refractivity contribution in [2.24, 2.45) is 22.7 Å². The Labute approximate surface area is 173 Å². The fraction of sp³-hybridized carbons (Fsp3) is 0.625. The van der Waals surface area contributed by atoms with Crippen molar-refractivity contribution in [2.75, 3.05) is 0 Å². The van der Waals surface area contributed by atoms with Gasteiger partial charge < -0.3 is 0 Å². The zero-order valence-electron chi connectivity index (χ0n) is 18.7. The smallest absolute Gasteiger partial charge is 0.179 e. The summed E-state index contributed by atoms with van der Waals surface area (Å²) in [6.45, 7) is 21.3. The maximum atomic E-state index is 2.75. The maximum Gasteiger partial charge on any atom is 0.439 e. The molecule has 0 amide bonds. The third-order valence-electron chi connectivity index (χ3n) is 5.95. The van der Waals surface area contributed by atoms with E-state index in [1.165, 1.54) is 12.1 Å².